The van der Waals surface area contributed by atoms with Crippen LogP contribution >= 0.6 is 0 Å². The molecule has 1 heterocycles. The van der Waals surface area contributed by atoms with Gasteiger partial charge >= 0.3 is 0 Å². The summed E-state index contributed by atoms with van der Waals surface area (Å²) in [5.74, 6) is 0.811. The van der Waals surface area contributed by atoms with Gasteiger partial charge in [-0.3, -0.25) is 4.79 Å². The summed E-state index contributed by atoms with van der Waals surface area (Å²) in [6, 6.07) is 22.6. The summed E-state index contributed by atoms with van der Waals surface area (Å²) in [5, 5.41) is 0. The summed E-state index contributed by atoms with van der Waals surface area (Å²) in [7, 11) is -1.79. The van der Waals surface area contributed by atoms with E-state index in [2.05, 4.69) is 16.6 Å². The zero-order valence-corrected chi connectivity index (χ0v) is 24.1. The fourth-order valence-corrected chi connectivity index (χ4v) is 6.58. The summed E-state index contributed by atoms with van der Waals surface area (Å²) < 4.78 is 31.4. The number of nitrogens with one attached hydrogen (secondary N) is 1. The predicted octanol–water partition coefficient (Wildman–Crippen LogP) is 5.81. The molecule has 1 aromatic heterocycles. The number of rotatable bonds is 9. The molecule has 1 aliphatic carbocycles. The monoisotopic (exact) mass is 556 g/mol. The van der Waals surface area contributed by atoms with E-state index in [1.807, 2.05) is 73.3 Å². The summed E-state index contributed by atoms with van der Waals surface area (Å²) in [4.78, 5) is 20.3. The Morgan fingerprint density at radius 1 is 1.10 bits per heavy atom. The first-order valence-electron chi connectivity index (χ1n) is 13.7. The molecule has 0 saturated carbocycles. The molecule has 7 nitrogen and oxygen atoms in total. The van der Waals surface area contributed by atoms with E-state index in [4.69, 9.17) is 0 Å². The van der Waals surface area contributed by atoms with Crippen LogP contribution in [0.15, 0.2) is 90.1 Å². The lowest BCUT2D eigenvalue weighted by Crippen LogP contribution is -2.34. The highest BCUT2D eigenvalue weighted by molar-refractivity contribution is 7.89. The molecule has 0 fully saturated rings. The van der Waals surface area contributed by atoms with E-state index in [0.717, 1.165) is 46.6 Å². The zero-order valence-electron chi connectivity index (χ0n) is 23.2. The van der Waals surface area contributed by atoms with Crippen LogP contribution in [0, 0.1) is 6.92 Å². The van der Waals surface area contributed by atoms with Gasteiger partial charge in [0.1, 0.15) is 5.82 Å². The number of hydrogen-bond acceptors (Lipinski definition) is 4. The van der Waals surface area contributed by atoms with Crippen molar-refractivity contribution >= 4 is 21.6 Å². The third-order valence-corrected chi connectivity index (χ3v) is 9.24. The third kappa shape index (κ3) is 6.18. The van der Waals surface area contributed by atoms with Gasteiger partial charge in [0.2, 0.25) is 15.9 Å². The van der Waals surface area contributed by atoms with Gasteiger partial charge in [0.15, 0.2) is 0 Å². The van der Waals surface area contributed by atoms with Crippen molar-refractivity contribution in [2.24, 2.45) is 7.05 Å². The molecule has 1 amide bonds. The average Bonchev–Trinajstić information content (AvgIpc) is 3.36. The molecular formula is C32H36N4O3S. The number of anilines is 1. The molecule has 0 spiro atoms. The minimum atomic E-state index is -3.71. The van der Waals surface area contributed by atoms with E-state index in [1.54, 1.807) is 35.4 Å². The van der Waals surface area contributed by atoms with Crippen LogP contribution in [0.4, 0.5) is 5.69 Å². The lowest BCUT2D eigenvalue weighted by Gasteiger charge is -2.30. The highest BCUT2D eigenvalue weighted by Crippen LogP contribution is 2.35. The number of carbonyl (C=O) groups excluding carboxylic acids is 1. The number of hydrogen-bond donors (Lipinski definition) is 1. The third-order valence-electron chi connectivity index (χ3n) is 7.76. The SMILES string of the molecule is Cc1ccc(S(=O)(=O)NC2CCCc3ccc(N(Cc4nccn4C)C(=O)CC(C)c4ccccc4)cc32)cc1. The molecule has 8 heteroatoms. The Morgan fingerprint density at radius 3 is 2.55 bits per heavy atom. The first-order chi connectivity index (χ1) is 19.2. The van der Waals surface area contributed by atoms with Crippen molar-refractivity contribution in [3.8, 4) is 0 Å². The molecular weight excluding hydrogens is 520 g/mol. The highest BCUT2D eigenvalue weighted by atomic mass is 32.2. The Balaban J connectivity index is 1.46. The number of fused-ring (bicyclic) bond motifs is 1. The van der Waals surface area contributed by atoms with Gasteiger partial charge < -0.3 is 9.47 Å². The molecule has 4 aromatic rings. The Labute approximate surface area is 236 Å². The maximum absolute atomic E-state index is 13.8. The van der Waals surface area contributed by atoms with Gasteiger partial charge in [-0.15, -0.1) is 0 Å². The molecule has 2 atom stereocenters. The molecule has 2 unspecified atom stereocenters. The van der Waals surface area contributed by atoms with Crippen LogP contribution < -0.4 is 9.62 Å². The van der Waals surface area contributed by atoms with E-state index >= 15 is 0 Å². The topological polar surface area (TPSA) is 84.3 Å². The molecule has 5 rings (SSSR count). The van der Waals surface area contributed by atoms with Crippen LogP contribution in [0.25, 0.3) is 0 Å². The summed E-state index contributed by atoms with van der Waals surface area (Å²) >= 11 is 0. The number of aromatic nitrogens is 2. The van der Waals surface area contributed by atoms with Gasteiger partial charge in [-0.05, 0) is 73.1 Å². The molecule has 0 radical (unpaired) electrons. The molecule has 0 saturated heterocycles. The van der Waals surface area contributed by atoms with Crippen molar-refractivity contribution < 1.29 is 13.2 Å². The van der Waals surface area contributed by atoms with Gasteiger partial charge in [0.25, 0.3) is 0 Å². The Bertz CT molecular complexity index is 1580. The number of benzene rings is 3. The zero-order chi connectivity index (χ0) is 28.3. The van der Waals surface area contributed by atoms with Crippen molar-refractivity contribution in [1.29, 1.82) is 0 Å². The molecule has 1 N–H and O–H groups in total. The largest absolute Gasteiger partial charge is 0.337 e. The number of sulfonamides is 1. The number of nitrogens with zero attached hydrogens (tertiary/aromatic N) is 3. The minimum absolute atomic E-state index is 0.00750. The van der Waals surface area contributed by atoms with Gasteiger partial charge in [0.05, 0.1) is 11.4 Å². The van der Waals surface area contributed by atoms with Gasteiger partial charge in [-0.1, -0.05) is 61.0 Å². The van der Waals surface area contributed by atoms with E-state index in [1.165, 1.54) is 0 Å². The number of carbonyl (C=O) groups is 1. The van der Waals surface area contributed by atoms with Crippen LogP contribution in [0.1, 0.15) is 66.2 Å². The summed E-state index contributed by atoms with van der Waals surface area (Å²) in [6.45, 7) is 4.32. The smallest absolute Gasteiger partial charge is 0.241 e. The van der Waals surface area contributed by atoms with E-state index in [9.17, 15) is 13.2 Å². The molecule has 3 aromatic carbocycles. The van der Waals surface area contributed by atoms with Gasteiger partial charge in [0, 0.05) is 37.6 Å². The summed E-state index contributed by atoms with van der Waals surface area (Å²) in [6.07, 6.45) is 6.39. The molecule has 0 bridgehead atoms. The van der Waals surface area contributed by atoms with Crippen molar-refractivity contribution in [3.05, 3.63) is 113 Å². The maximum atomic E-state index is 13.8. The van der Waals surface area contributed by atoms with Crippen molar-refractivity contribution in [2.45, 2.75) is 62.9 Å². The van der Waals surface area contributed by atoms with Crippen LogP contribution in [0.2, 0.25) is 0 Å². The first-order valence-corrected chi connectivity index (χ1v) is 15.2. The molecule has 0 aliphatic heterocycles. The second-order valence-electron chi connectivity index (χ2n) is 10.7. The first kappa shape index (κ1) is 27.8. The Morgan fingerprint density at radius 2 is 1.85 bits per heavy atom. The second kappa shape index (κ2) is 11.8. The van der Waals surface area contributed by atoms with Crippen molar-refractivity contribution in [2.75, 3.05) is 4.90 Å². The van der Waals surface area contributed by atoms with Crippen LogP contribution in [0.3, 0.4) is 0 Å². The standard InChI is InChI=1S/C32H36N4O3S/c1-23-12-16-28(17-13-23)40(38,39)34-30-11-7-10-26-14-15-27(21-29(26)30)36(22-31-33-18-19-35(31)3)32(37)20-24(2)25-8-5-4-6-9-25/h4-6,8-9,12-19,21,24,30,34H,7,10-11,20,22H2,1-3H3. The van der Waals surface area contributed by atoms with E-state index in [-0.39, 0.29) is 22.8 Å². The van der Waals surface area contributed by atoms with Crippen LogP contribution in [-0.2, 0) is 34.8 Å². The lowest BCUT2D eigenvalue weighted by molar-refractivity contribution is -0.119. The number of amides is 1. The normalized spacial score (nSPS) is 15.8. The molecule has 208 valence electrons. The van der Waals surface area contributed by atoms with Crippen LogP contribution in [0.5, 0.6) is 0 Å². The highest BCUT2D eigenvalue weighted by Gasteiger charge is 2.28. The van der Waals surface area contributed by atoms with Crippen LogP contribution in [-0.4, -0.2) is 23.9 Å². The Hall–Kier alpha value is -3.75. The fraction of sp³-hybridized carbons (Fsp3) is 0.312. The number of imidazole rings is 1. The maximum Gasteiger partial charge on any atom is 0.241 e. The van der Waals surface area contributed by atoms with Gasteiger partial charge in [-0.25, -0.2) is 18.1 Å². The molecule has 40 heavy (non-hydrogen) atoms. The Kier molecular flexibility index (Phi) is 8.19. The second-order valence-corrected chi connectivity index (χ2v) is 12.4. The quantitative estimate of drug-likeness (QED) is 0.282. The number of aryl methyl sites for hydroxylation is 3. The fourth-order valence-electron chi connectivity index (χ4n) is 5.33. The average molecular weight is 557 g/mol. The lowest BCUT2D eigenvalue weighted by atomic mass is 9.87. The van der Waals surface area contributed by atoms with Crippen molar-refractivity contribution in [1.82, 2.24) is 14.3 Å². The predicted molar refractivity (Wildman–Crippen MR) is 157 cm³/mol. The summed E-state index contributed by atoms with van der Waals surface area (Å²) in [5.41, 5.74) is 4.89. The minimum Gasteiger partial charge on any atom is -0.337 e. The molecule has 1 aliphatic rings. The van der Waals surface area contributed by atoms with Crippen molar-refractivity contribution in [3.63, 3.8) is 0 Å². The van der Waals surface area contributed by atoms with E-state index < -0.39 is 10.0 Å². The van der Waals surface area contributed by atoms with Gasteiger partial charge in [-0.2, -0.15) is 0 Å². The van der Waals surface area contributed by atoms with E-state index in [0.29, 0.717) is 19.4 Å².